The van der Waals surface area contributed by atoms with E-state index >= 15 is 0 Å². The molecule has 1 unspecified atom stereocenters. The van der Waals surface area contributed by atoms with Crippen LogP contribution in [0.2, 0.25) is 0 Å². The molecule has 90 valence electrons. The second-order valence-electron chi connectivity index (χ2n) is 3.68. The summed E-state index contributed by atoms with van der Waals surface area (Å²) in [5.41, 5.74) is 5.77. The predicted octanol–water partition coefficient (Wildman–Crippen LogP) is 0.0206. The fraction of sp³-hybridized carbons (Fsp3) is 0.889. The topological polar surface area (TPSA) is 71.1 Å². The first-order chi connectivity index (χ1) is 6.59. The molecule has 2 atom stereocenters. The average Bonchev–Trinajstić information content (AvgIpc) is 2.14. The highest BCUT2D eigenvalue weighted by atomic mass is 127. The normalized spacial score (nSPS) is 24.6. The third kappa shape index (κ3) is 5.53. The third-order valence-electron chi connectivity index (χ3n) is 2.08. The van der Waals surface area contributed by atoms with Crippen molar-refractivity contribution in [2.75, 3.05) is 26.2 Å². The van der Waals surface area contributed by atoms with Gasteiger partial charge in [-0.3, -0.25) is 4.99 Å². The molecule has 1 fully saturated rings. The van der Waals surface area contributed by atoms with E-state index in [2.05, 4.69) is 4.99 Å². The Bertz CT molecular complexity index is 212. The molecule has 1 aliphatic heterocycles. The number of hydrogen-bond donors (Lipinski definition) is 2. The fourth-order valence-corrected chi connectivity index (χ4v) is 1.35. The molecule has 6 heteroatoms. The second kappa shape index (κ2) is 7.24. The second-order valence-corrected chi connectivity index (χ2v) is 3.68. The molecule has 0 aromatic carbocycles. The quantitative estimate of drug-likeness (QED) is 0.426. The largest absolute Gasteiger partial charge is 0.391 e. The summed E-state index contributed by atoms with van der Waals surface area (Å²) in [4.78, 5) is 6.08. The lowest BCUT2D eigenvalue weighted by Crippen LogP contribution is -2.48. The molecule has 0 bridgehead atoms. The van der Waals surface area contributed by atoms with Crippen molar-refractivity contribution in [2.24, 2.45) is 10.7 Å². The van der Waals surface area contributed by atoms with Crippen molar-refractivity contribution >= 4 is 29.9 Å². The van der Waals surface area contributed by atoms with Crippen LogP contribution in [0, 0.1) is 0 Å². The van der Waals surface area contributed by atoms with Gasteiger partial charge in [0, 0.05) is 13.1 Å². The summed E-state index contributed by atoms with van der Waals surface area (Å²) in [5.74, 6) is 0.501. The first kappa shape index (κ1) is 14.9. The minimum atomic E-state index is -0.438. The van der Waals surface area contributed by atoms with Crippen LogP contribution in [0.25, 0.3) is 0 Å². The minimum absolute atomic E-state index is 0. The van der Waals surface area contributed by atoms with Gasteiger partial charge in [-0.1, -0.05) is 0 Å². The lowest BCUT2D eigenvalue weighted by Gasteiger charge is -2.31. The van der Waals surface area contributed by atoms with E-state index in [1.54, 1.807) is 6.92 Å². The Morgan fingerprint density at radius 1 is 1.73 bits per heavy atom. The summed E-state index contributed by atoms with van der Waals surface area (Å²) in [6, 6.07) is 0. The Kier molecular flexibility index (Phi) is 7.20. The number of aliphatic hydroxyl groups is 1. The zero-order chi connectivity index (χ0) is 10.6. The summed E-state index contributed by atoms with van der Waals surface area (Å²) in [6.45, 7) is 6.30. The zero-order valence-corrected chi connectivity index (χ0v) is 11.5. The van der Waals surface area contributed by atoms with E-state index in [9.17, 15) is 0 Å². The molecule has 0 aliphatic carbocycles. The zero-order valence-electron chi connectivity index (χ0n) is 9.22. The molecule has 1 saturated heterocycles. The smallest absolute Gasteiger partial charge is 0.191 e. The summed E-state index contributed by atoms with van der Waals surface area (Å²) < 4.78 is 5.38. The van der Waals surface area contributed by atoms with Crippen molar-refractivity contribution in [1.82, 2.24) is 4.90 Å². The molecular formula is C9H20IN3O2. The molecule has 0 spiro atoms. The van der Waals surface area contributed by atoms with Gasteiger partial charge < -0.3 is 20.5 Å². The molecular weight excluding hydrogens is 309 g/mol. The number of halogens is 1. The van der Waals surface area contributed by atoms with Crippen LogP contribution in [0.15, 0.2) is 4.99 Å². The molecule has 0 aromatic heterocycles. The summed E-state index contributed by atoms with van der Waals surface area (Å²) in [5, 5.41) is 9.05. The summed E-state index contributed by atoms with van der Waals surface area (Å²) in [6.07, 6.45) is -0.240. The van der Waals surface area contributed by atoms with Gasteiger partial charge in [-0.2, -0.15) is 0 Å². The van der Waals surface area contributed by atoms with Gasteiger partial charge in [-0.05, 0) is 13.8 Å². The van der Waals surface area contributed by atoms with E-state index in [0.717, 1.165) is 13.1 Å². The van der Waals surface area contributed by atoms with E-state index in [4.69, 9.17) is 15.6 Å². The average molecular weight is 329 g/mol. The Hall–Kier alpha value is -0.0800. The maximum absolute atomic E-state index is 9.05. The molecule has 0 radical (unpaired) electrons. The van der Waals surface area contributed by atoms with E-state index < -0.39 is 6.10 Å². The van der Waals surface area contributed by atoms with Gasteiger partial charge in [0.25, 0.3) is 0 Å². The maximum Gasteiger partial charge on any atom is 0.191 e. The van der Waals surface area contributed by atoms with Gasteiger partial charge in [0.05, 0.1) is 25.4 Å². The first-order valence-corrected chi connectivity index (χ1v) is 4.94. The molecule has 1 rings (SSSR count). The van der Waals surface area contributed by atoms with Crippen LogP contribution < -0.4 is 5.73 Å². The van der Waals surface area contributed by atoms with Gasteiger partial charge in [-0.25, -0.2) is 0 Å². The molecule has 1 heterocycles. The molecule has 0 aromatic rings. The Labute approximate surface area is 108 Å². The van der Waals surface area contributed by atoms with Crippen molar-refractivity contribution < 1.29 is 9.84 Å². The predicted molar refractivity (Wildman–Crippen MR) is 70.6 cm³/mol. The van der Waals surface area contributed by atoms with Crippen LogP contribution in [-0.4, -0.2) is 54.4 Å². The number of aliphatic hydroxyl groups excluding tert-OH is 1. The van der Waals surface area contributed by atoms with Crippen LogP contribution in [-0.2, 0) is 4.74 Å². The number of ether oxygens (including phenoxy) is 1. The molecule has 0 saturated carbocycles. The molecule has 5 nitrogen and oxygen atoms in total. The lowest BCUT2D eigenvalue weighted by molar-refractivity contribution is 0.00524. The molecule has 3 N–H and O–H groups in total. The number of nitrogens with zero attached hydrogens (tertiary/aromatic N) is 2. The highest BCUT2D eigenvalue weighted by Gasteiger charge is 2.17. The van der Waals surface area contributed by atoms with Crippen LogP contribution in [0.5, 0.6) is 0 Å². The van der Waals surface area contributed by atoms with Gasteiger partial charge in [0.2, 0.25) is 0 Å². The van der Waals surface area contributed by atoms with Crippen LogP contribution in [0.1, 0.15) is 13.8 Å². The third-order valence-corrected chi connectivity index (χ3v) is 2.08. The van der Waals surface area contributed by atoms with Gasteiger partial charge >= 0.3 is 0 Å². The first-order valence-electron chi connectivity index (χ1n) is 4.94. The van der Waals surface area contributed by atoms with Crippen molar-refractivity contribution in [3.8, 4) is 0 Å². The SMILES string of the molecule is CC1CN(C(N)=NC[C@@H](C)O)CCO1.I. The van der Waals surface area contributed by atoms with Crippen molar-refractivity contribution in [2.45, 2.75) is 26.1 Å². The molecule has 1 aliphatic rings. The van der Waals surface area contributed by atoms with E-state index in [0.29, 0.717) is 19.1 Å². The van der Waals surface area contributed by atoms with Crippen molar-refractivity contribution in [1.29, 1.82) is 0 Å². The Balaban J connectivity index is 0.00000196. The number of hydrogen-bond acceptors (Lipinski definition) is 3. The summed E-state index contributed by atoms with van der Waals surface area (Å²) >= 11 is 0. The Morgan fingerprint density at radius 3 is 2.93 bits per heavy atom. The Morgan fingerprint density at radius 2 is 2.40 bits per heavy atom. The monoisotopic (exact) mass is 329 g/mol. The van der Waals surface area contributed by atoms with Gasteiger partial charge in [0.15, 0.2) is 5.96 Å². The number of aliphatic imine (C=N–C) groups is 1. The van der Waals surface area contributed by atoms with E-state index in [1.807, 2.05) is 11.8 Å². The lowest BCUT2D eigenvalue weighted by atomic mass is 10.3. The van der Waals surface area contributed by atoms with E-state index in [1.165, 1.54) is 0 Å². The summed E-state index contributed by atoms with van der Waals surface area (Å²) in [7, 11) is 0. The fourth-order valence-electron chi connectivity index (χ4n) is 1.35. The minimum Gasteiger partial charge on any atom is -0.391 e. The van der Waals surface area contributed by atoms with Crippen LogP contribution in [0.3, 0.4) is 0 Å². The standard InChI is InChI=1S/C9H19N3O2.HI/c1-7(13)5-11-9(10)12-3-4-14-8(2)6-12;/h7-8,13H,3-6H2,1-2H3,(H2,10,11);1H/t7-,8?;/m1./s1. The van der Waals surface area contributed by atoms with Crippen LogP contribution in [0.4, 0.5) is 0 Å². The highest BCUT2D eigenvalue weighted by molar-refractivity contribution is 14.0. The number of nitrogens with two attached hydrogens (primary N) is 1. The number of rotatable bonds is 2. The molecule has 0 amide bonds. The molecule has 15 heavy (non-hydrogen) atoms. The number of morpholine rings is 1. The van der Waals surface area contributed by atoms with Gasteiger partial charge in [0.1, 0.15) is 0 Å². The van der Waals surface area contributed by atoms with Crippen LogP contribution >= 0.6 is 24.0 Å². The number of guanidine groups is 1. The maximum atomic E-state index is 9.05. The highest BCUT2D eigenvalue weighted by Crippen LogP contribution is 2.03. The van der Waals surface area contributed by atoms with E-state index in [-0.39, 0.29) is 30.1 Å². The van der Waals surface area contributed by atoms with Gasteiger partial charge in [-0.15, -0.1) is 24.0 Å². The van der Waals surface area contributed by atoms with Crippen molar-refractivity contribution in [3.05, 3.63) is 0 Å². The van der Waals surface area contributed by atoms with Crippen molar-refractivity contribution in [3.63, 3.8) is 0 Å².